The summed E-state index contributed by atoms with van der Waals surface area (Å²) in [5.41, 5.74) is 0.485. The SMILES string of the molecule is O=C(Nc1ccc(/C=C/C(=O)c2cccs2)cc1)c1cc(NC(=O)c2ccccc2C(=O)O)cc(NC(=O)c2ccccc2C(=O)O)c1. The van der Waals surface area contributed by atoms with Crippen molar-refractivity contribution < 1.29 is 39.0 Å². The largest absolute Gasteiger partial charge is 0.478 e. The van der Waals surface area contributed by atoms with Crippen LogP contribution in [0, 0.1) is 0 Å². The van der Waals surface area contributed by atoms with Crippen molar-refractivity contribution in [3.05, 3.63) is 153 Å². The van der Waals surface area contributed by atoms with E-state index in [0.29, 0.717) is 10.6 Å². The van der Waals surface area contributed by atoms with Crippen molar-refractivity contribution in [3.63, 3.8) is 0 Å². The molecule has 0 spiro atoms. The second kappa shape index (κ2) is 14.6. The third-order valence-corrected chi connectivity index (χ3v) is 7.76. The van der Waals surface area contributed by atoms with Crippen LogP contribution in [0.2, 0.25) is 0 Å². The van der Waals surface area contributed by atoms with Crippen molar-refractivity contribution in [1.82, 2.24) is 0 Å². The maximum atomic E-state index is 13.4. The lowest BCUT2D eigenvalue weighted by molar-refractivity contribution is 0.0683. The fourth-order valence-corrected chi connectivity index (χ4v) is 5.23. The zero-order valence-corrected chi connectivity index (χ0v) is 25.6. The third-order valence-electron chi connectivity index (χ3n) is 6.87. The molecule has 0 saturated carbocycles. The Morgan fingerprint density at radius 1 is 0.542 bits per heavy atom. The van der Waals surface area contributed by atoms with Crippen LogP contribution in [-0.4, -0.2) is 45.7 Å². The first kappa shape index (κ1) is 32.7. The number of aromatic carboxylic acids is 2. The van der Waals surface area contributed by atoms with Crippen molar-refractivity contribution >= 4 is 69.9 Å². The van der Waals surface area contributed by atoms with Crippen LogP contribution in [0.1, 0.15) is 67.0 Å². The molecule has 11 nitrogen and oxygen atoms in total. The topological polar surface area (TPSA) is 179 Å². The van der Waals surface area contributed by atoms with Gasteiger partial charge in [0.25, 0.3) is 17.7 Å². The molecule has 238 valence electrons. The van der Waals surface area contributed by atoms with Crippen molar-refractivity contribution in [1.29, 1.82) is 0 Å². The van der Waals surface area contributed by atoms with Gasteiger partial charge >= 0.3 is 11.9 Å². The van der Waals surface area contributed by atoms with Gasteiger partial charge in [0.15, 0.2) is 5.78 Å². The second-order valence-electron chi connectivity index (χ2n) is 10.2. The maximum Gasteiger partial charge on any atom is 0.336 e. The van der Waals surface area contributed by atoms with Gasteiger partial charge in [0.2, 0.25) is 0 Å². The molecule has 0 atom stereocenters. The standard InChI is InChI=1S/C36H25N3O8S/c40-30(31-10-5-17-48-31)16-13-21-11-14-23(15-12-21)37-32(41)22-18-24(38-33(42)26-6-1-3-8-28(26)35(44)45)20-25(19-22)39-34(43)27-7-2-4-9-29(27)36(46)47/h1-20H,(H,37,41)(H,38,42)(H,39,43)(H,44,45)(H,46,47)/b16-13+. The Labute approximate surface area is 277 Å². The summed E-state index contributed by atoms with van der Waals surface area (Å²) >= 11 is 1.34. The van der Waals surface area contributed by atoms with Gasteiger partial charge in [-0.2, -0.15) is 0 Å². The molecule has 0 radical (unpaired) electrons. The Hall–Kier alpha value is -6.66. The molecule has 5 N–H and O–H groups in total. The van der Waals surface area contributed by atoms with E-state index < -0.39 is 29.7 Å². The van der Waals surface area contributed by atoms with Crippen LogP contribution in [0.3, 0.4) is 0 Å². The quantitative estimate of drug-likeness (QED) is 0.0759. The predicted molar refractivity (Wildman–Crippen MR) is 181 cm³/mol. The number of thiophene rings is 1. The van der Waals surface area contributed by atoms with Crippen molar-refractivity contribution in [2.75, 3.05) is 16.0 Å². The molecule has 0 aliphatic heterocycles. The summed E-state index contributed by atoms with van der Waals surface area (Å²) in [7, 11) is 0. The highest BCUT2D eigenvalue weighted by molar-refractivity contribution is 7.12. The van der Waals surface area contributed by atoms with E-state index in [1.807, 2.05) is 5.38 Å². The molecule has 1 heterocycles. The Morgan fingerprint density at radius 2 is 1.04 bits per heavy atom. The number of hydrogen-bond acceptors (Lipinski definition) is 7. The molecule has 0 saturated heterocycles. The fourth-order valence-electron chi connectivity index (χ4n) is 4.59. The first-order valence-electron chi connectivity index (χ1n) is 14.2. The van der Waals surface area contributed by atoms with E-state index in [1.54, 1.807) is 42.5 Å². The van der Waals surface area contributed by atoms with Gasteiger partial charge in [0, 0.05) is 22.6 Å². The minimum Gasteiger partial charge on any atom is -0.478 e. The summed E-state index contributed by atoms with van der Waals surface area (Å²) in [5, 5.41) is 28.7. The number of carbonyl (C=O) groups is 6. The molecule has 0 fully saturated rings. The lowest BCUT2D eigenvalue weighted by Crippen LogP contribution is -2.19. The van der Waals surface area contributed by atoms with E-state index in [0.717, 1.165) is 5.56 Å². The van der Waals surface area contributed by atoms with Crippen molar-refractivity contribution in [2.45, 2.75) is 0 Å². The number of allylic oxidation sites excluding steroid dienone is 1. The summed E-state index contributed by atoms with van der Waals surface area (Å²) in [4.78, 5) is 75.9. The first-order valence-corrected chi connectivity index (χ1v) is 15.1. The van der Waals surface area contributed by atoms with E-state index in [-0.39, 0.29) is 45.0 Å². The maximum absolute atomic E-state index is 13.4. The second-order valence-corrected chi connectivity index (χ2v) is 11.1. The van der Waals surface area contributed by atoms with Gasteiger partial charge in [-0.3, -0.25) is 19.2 Å². The Kier molecular flexibility index (Phi) is 9.97. The highest BCUT2D eigenvalue weighted by atomic mass is 32.1. The normalized spacial score (nSPS) is 10.7. The minimum atomic E-state index is -1.31. The number of hydrogen-bond donors (Lipinski definition) is 5. The average Bonchev–Trinajstić information content (AvgIpc) is 3.63. The number of rotatable bonds is 11. The van der Waals surface area contributed by atoms with Gasteiger partial charge in [-0.15, -0.1) is 11.3 Å². The van der Waals surface area contributed by atoms with Crippen LogP contribution >= 0.6 is 11.3 Å². The van der Waals surface area contributed by atoms with Crippen molar-refractivity contribution in [3.8, 4) is 0 Å². The molecule has 0 aliphatic rings. The summed E-state index contributed by atoms with van der Waals surface area (Å²) in [5.74, 6) is -4.92. The molecule has 3 amide bonds. The molecule has 12 heteroatoms. The van der Waals surface area contributed by atoms with Crippen LogP contribution < -0.4 is 16.0 Å². The van der Waals surface area contributed by atoms with Crippen LogP contribution in [-0.2, 0) is 0 Å². The van der Waals surface area contributed by atoms with Crippen molar-refractivity contribution in [2.24, 2.45) is 0 Å². The van der Waals surface area contributed by atoms with E-state index in [2.05, 4.69) is 16.0 Å². The molecule has 5 aromatic rings. The Balaban J connectivity index is 1.40. The lowest BCUT2D eigenvalue weighted by atomic mass is 10.1. The molecular weight excluding hydrogens is 634 g/mol. The zero-order chi connectivity index (χ0) is 34.2. The number of nitrogens with one attached hydrogen (secondary N) is 3. The Bertz CT molecular complexity index is 2000. The number of ketones is 1. The number of benzene rings is 4. The fraction of sp³-hybridized carbons (Fsp3) is 0. The summed E-state index contributed by atoms with van der Waals surface area (Å²) < 4.78 is 0. The summed E-state index contributed by atoms with van der Waals surface area (Å²) in [6, 6.07) is 25.4. The summed E-state index contributed by atoms with van der Waals surface area (Å²) in [6.07, 6.45) is 3.11. The molecule has 0 unspecified atom stereocenters. The van der Waals surface area contributed by atoms with Gasteiger partial charge in [-0.1, -0.05) is 48.5 Å². The molecule has 48 heavy (non-hydrogen) atoms. The van der Waals surface area contributed by atoms with E-state index >= 15 is 0 Å². The molecular formula is C36H25N3O8S. The monoisotopic (exact) mass is 659 g/mol. The van der Waals surface area contributed by atoms with Gasteiger partial charge in [-0.05, 0) is 77.7 Å². The lowest BCUT2D eigenvalue weighted by Gasteiger charge is -2.14. The van der Waals surface area contributed by atoms with Gasteiger partial charge < -0.3 is 26.2 Å². The first-order chi connectivity index (χ1) is 23.1. The number of amides is 3. The molecule has 0 bridgehead atoms. The van der Waals surface area contributed by atoms with E-state index in [4.69, 9.17) is 0 Å². The van der Waals surface area contributed by atoms with Crippen LogP contribution in [0.15, 0.2) is 115 Å². The number of anilines is 3. The zero-order valence-electron chi connectivity index (χ0n) is 24.8. The third kappa shape index (κ3) is 7.94. The number of carboxylic acid groups (broad SMARTS) is 2. The molecule has 1 aromatic heterocycles. The highest BCUT2D eigenvalue weighted by Crippen LogP contribution is 2.24. The van der Waals surface area contributed by atoms with Crippen LogP contribution in [0.5, 0.6) is 0 Å². The molecule has 5 rings (SSSR count). The van der Waals surface area contributed by atoms with Gasteiger partial charge in [0.05, 0.1) is 27.1 Å². The predicted octanol–water partition coefficient (Wildman–Crippen LogP) is 6.80. The smallest absolute Gasteiger partial charge is 0.336 e. The molecule has 0 aliphatic carbocycles. The number of carboxylic acids is 2. The summed E-state index contributed by atoms with van der Waals surface area (Å²) in [6.45, 7) is 0. The van der Waals surface area contributed by atoms with E-state index in [1.165, 1.54) is 84.1 Å². The molecule has 4 aromatic carbocycles. The number of carbonyl (C=O) groups excluding carboxylic acids is 4. The van der Waals surface area contributed by atoms with Crippen LogP contribution in [0.4, 0.5) is 17.1 Å². The minimum absolute atomic E-state index is 0.00616. The van der Waals surface area contributed by atoms with Crippen LogP contribution in [0.25, 0.3) is 6.08 Å². The highest BCUT2D eigenvalue weighted by Gasteiger charge is 2.20. The van der Waals surface area contributed by atoms with Gasteiger partial charge in [-0.25, -0.2) is 9.59 Å². The van der Waals surface area contributed by atoms with Gasteiger partial charge in [0.1, 0.15) is 0 Å². The Morgan fingerprint density at radius 3 is 1.52 bits per heavy atom. The van der Waals surface area contributed by atoms with E-state index in [9.17, 15) is 39.0 Å². The average molecular weight is 660 g/mol.